The van der Waals surface area contributed by atoms with Gasteiger partial charge in [-0.3, -0.25) is 4.57 Å². The van der Waals surface area contributed by atoms with Crippen molar-refractivity contribution in [2.75, 3.05) is 0 Å². The highest BCUT2D eigenvalue weighted by molar-refractivity contribution is 7.73. The second kappa shape index (κ2) is 7.42. The van der Waals surface area contributed by atoms with E-state index in [9.17, 15) is 15.0 Å². The Bertz CT molecular complexity index is 812. The summed E-state index contributed by atoms with van der Waals surface area (Å²) in [4.78, 5) is 11.9. The summed E-state index contributed by atoms with van der Waals surface area (Å²) in [5.74, 6) is -1.34. The summed E-state index contributed by atoms with van der Waals surface area (Å²) in [5, 5.41) is 19.7. The largest absolute Gasteiger partial charge is 0.493 e. The van der Waals surface area contributed by atoms with Crippen molar-refractivity contribution in [3.05, 3.63) is 50.5 Å². The van der Waals surface area contributed by atoms with Gasteiger partial charge in [0.05, 0.1) is 4.88 Å². The topological polar surface area (TPSA) is 62.5 Å². The van der Waals surface area contributed by atoms with Crippen molar-refractivity contribution in [2.45, 2.75) is 19.9 Å². The predicted molar refractivity (Wildman–Crippen MR) is 95.2 cm³/mol. The predicted octanol–water partition coefficient (Wildman–Crippen LogP) is 4.59. The van der Waals surface area contributed by atoms with Crippen LogP contribution < -0.4 is 0 Å². The second-order valence-corrected chi connectivity index (χ2v) is 6.99. The molecule has 1 heterocycles. The van der Waals surface area contributed by atoms with E-state index in [4.69, 9.17) is 12.2 Å². The fourth-order valence-corrected chi connectivity index (χ4v) is 3.46. The van der Waals surface area contributed by atoms with E-state index in [0.717, 1.165) is 5.56 Å². The SMILES string of the molecule is CC(C)C(C(=O)O)n1c(O)c(C=C=Cc2ccccc2)sc1=S. The number of rotatable bonds is 5. The maximum Gasteiger partial charge on any atom is 0.327 e. The van der Waals surface area contributed by atoms with Gasteiger partial charge in [-0.1, -0.05) is 44.2 Å². The summed E-state index contributed by atoms with van der Waals surface area (Å²) < 4.78 is 1.62. The number of carboxylic acids is 1. The minimum absolute atomic E-state index is 0.130. The van der Waals surface area contributed by atoms with Crippen LogP contribution in [0.4, 0.5) is 0 Å². The Morgan fingerprint density at radius 1 is 1.30 bits per heavy atom. The highest BCUT2D eigenvalue weighted by Crippen LogP contribution is 2.33. The molecule has 0 aliphatic heterocycles. The molecular formula is C17H17NO3S2. The van der Waals surface area contributed by atoms with Gasteiger partial charge in [-0.05, 0) is 29.8 Å². The molecule has 0 bridgehead atoms. The van der Waals surface area contributed by atoms with Gasteiger partial charge < -0.3 is 10.2 Å². The normalized spacial score (nSPS) is 11.8. The van der Waals surface area contributed by atoms with Crippen molar-refractivity contribution in [3.8, 4) is 5.88 Å². The van der Waals surface area contributed by atoms with Crippen molar-refractivity contribution < 1.29 is 15.0 Å². The molecule has 0 saturated heterocycles. The molecule has 1 aromatic carbocycles. The molecule has 0 fully saturated rings. The summed E-state index contributed by atoms with van der Waals surface area (Å²) in [6, 6.07) is 8.76. The number of carbonyl (C=O) groups is 1. The third kappa shape index (κ3) is 3.99. The number of thiazole rings is 1. The quantitative estimate of drug-likeness (QED) is 0.613. The summed E-state index contributed by atoms with van der Waals surface area (Å²) >= 11 is 6.38. The number of hydrogen-bond acceptors (Lipinski definition) is 4. The maximum absolute atomic E-state index is 11.4. The molecular weight excluding hydrogens is 330 g/mol. The number of aliphatic carboxylic acids is 1. The fraction of sp³-hybridized carbons (Fsp3) is 0.235. The fourth-order valence-electron chi connectivity index (χ4n) is 2.19. The lowest BCUT2D eigenvalue weighted by Gasteiger charge is -2.18. The zero-order valence-corrected chi connectivity index (χ0v) is 14.4. The lowest BCUT2D eigenvalue weighted by Crippen LogP contribution is -2.23. The van der Waals surface area contributed by atoms with Gasteiger partial charge >= 0.3 is 5.97 Å². The van der Waals surface area contributed by atoms with Crippen LogP contribution in [0.3, 0.4) is 0 Å². The number of benzene rings is 1. The molecule has 6 heteroatoms. The molecule has 0 spiro atoms. The third-order valence-electron chi connectivity index (χ3n) is 3.27. The average Bonchev–Trinajstić information content (AvgIpc) is 2.76. The van der Waals surface area contributed by atoms with Crippen molar-refractivity contribution in [3.63, 3.8) is 0 Å². The Morgan fingerprint density at radius 3 is 2.52 bits per heavy atom. The van der Waals surface area contributed by atoms with Gasteiger partial charge in [0.25, 0.3) is 0 Å². The van der Waals surface area contributed by atoms with Gasteiger partial charge in [0.15, 0.2) is 3.95 Å². The number of carboxylic acid groups (broad SMARTS) is 1. The van der Waals surface area contributed by atoms with E-state index >= 15 is 0 Å². The Hall–Kier alpha value is -2.14. The van der Waals surface area contributed by atoms with E-state index in [-0.39, 0.29) is 11.8 Å². The summed E-state index contributed by atoms with van der Waals surface area (Å²) in [7, 11) is 0. The molecule has 0 radical (unpaired) electrons. The zero-order valence-electron chi connectivity index (χ0n) is 12.8. The summed E-state index contributed by atoms with van der Waals surface area (Å²) in [6.07, 6.45) is 3.39. The molecule has 0 amide bonds. The molecule has 23 heavy (non-hydrogen) atoms. The van der Waals surface area contributed by atoms with E-state index in [0.29, 0.717) is 8.83 Å². The van der Waals surface area contributed by atoms with Gasteiger partial charge in [0.1, 0.15) is 6.04 Å². The van der Waals surface area contributed by atoms with Crippen LogP contribution >= 0.6 is 23.6 Å². The summed E-state index contributed by atoms with van der Waals surface area (Å²) in [6.45, 7) is 3.56. The van der Waals surface area contributed by atoms with Gasteiger partial charge in [-0.25, -0.2) is 4.79 Å². The molecule has 4 nitrogen and oxygen atoms in total. The van der Waals surface area contributed by atoms with Crippen molar-refractivity contribution in [2.24, 2.45) is 5.92 Å². The first-order chi connectivity index (χ1) is 10.9. The molecule has 1 aromatic heterocycles. The van der Waals surface area contributed by atoms with Crippen LogP contribution in [0.2, 0.25) is 0 Å². The highest BCUT2D eigenvalue weighted by Gasteiger charge is 2.27. The van der Waals surface area contributed by atoms with Crippen molar-refractivity contribution in [1.29, 1.82) is 0 Å². The molecule has 0 aliphatic rings. The first-order valence-corrected chi connectivity index (χ1v) is 8.29. The molecule has 0 saturated carbocycles. The summed E-state index contributed by atoms with van der Waals surface area (Å²) in [5.41, 5.74) is 3.97. The molecule has 2 N–H and O–H groups in total. The smallest absolute Gasteiger partial charge is 0.327 e. The van der Waals surface area contributed by atoms with Crippen LogP contribution in [-0.4, -0.2) is 20.7 Å². The van der Waals surface area contributed by atoms with Gasteiger partial charge in [0, 0.05) is 6.08 Å². The van der Waals surface area contributed by atoms with Gasteiger partial charge in [0.2, 0.25) is 5.88 Å². The molecule has 2 aromatic rings. The Balaban J connectivity index is 2.40. The molecule has 120 valence electrons. The first-order valence-electron chi connectivity index (χ1n) is 7.06. The second-order valence-electron chi connectivity index (χ2n) is 5.32. The van der Waals surface area contributed by atoms with Crippen molar-refractivity contribution >= 4 is 41.7 Å². The van der Waals surface area contributed by atoms with Crippen LogP contribution in [0.25, 0.3) is 12.2 Å². The van der Waals surface area contributed by atoms with E-state index < -0.39 is 12.0 Å². The van der Waals surface area contributed by atoms with E-state index in [1.165, 1.54) is 15.9 Å². The van der Waals surface area contributed by atoms with Crippen LogP contribution in [0.1, 0.15) is 30.3 Å². The molecule has 2 rings (SSSR count). The molecule has 1 atom stereocenters. The Kier molecular flexibility index (Phi) is 5.55. The minimum Gasteiger partial charge on any atom is -0.493 e. The number of aromatic hydroxyl groups is 1. The van der Waals surface area contributed by atoms with E-state index in [1.54, 1.807) is 26.0 Å². The average molecular weight is 347 g/mol. The Morgan fingerprint density at radius 2 is 1.96 bits per heavy atom. The maximum atomic E-state index is 11.4. The zero-order chi connectivity index (χ0) is 17.0. The standard InChI is InChI=1S/C17H17NO3S2/c1-11(2)14(16(20)21)18-15(19)13(23-17(18)22)10-6-9-12-7-4-3-5-8-12/h3-5,7-11,14,19H,1-2H3,(H,20,21). The molecule has 1 unspecified atom stereocenters. The Labute approximate surface area is 143 Å². The first kappa shape index (κ1) is 17.2. The van der Waals surface area contributed by atoms with Crippen LogP contribution in [0.15, 0.2) is 36.1 Å². The number of hydrogen-bond donors (Lipinski definition) is 2. The van der Waals surface area contributed by atoms with Gasteiger partial charge in [-0.2, -0.15) is 0 Å². The highest BCUT2D eigenvalue weighted by atomic mass is 32.1. The van der Waals surface area contributed by atoms with Crippen molar-refractivity contribution in [1.82, 2.24) is 4.57 Å². The van der Waals surface area contributed by atoms with Crippen LogP contribution in [-0.2, 0) is 4.79 Å². The molecule has 0 aliphatic carbocycles. The van der Waals surface area contributed by atoms with Gasteiger partial charge in [-0.15, -0.1) is 17.1 Å². The monoisotopic (exact) mass is 347 g/mol. The third-order valence-corrected chi connectivity index (χ3v) is 4.61. The van der Waals surface area contributed by atoms with E-state index in [1.807, 2.05) is 30.3 Å². The number of nitrogens with zero attached hydrogens (tertiary/aromatic N) is 1. The van der Waals surface area contributed by atoms with E-state index in [2.05, 4.69) is 5.73 Å². The number of aromatic nitrogens is 1. The minimum atomic E-state index is -1.01. The lowest BCUT2D eigenvalue weighted by molar-refractivity contribution is -0.142. The van der Waals surface area contributed by atoms with Crippen LogP contribution in [0.5, 0.6) is 5.88 Å². The van der Waals surface area contributed by atoms with Crippen LogP contribution in [0, 0.1) is 9.87 Å². The lowest BCUT2D eigenvalue weighted by atomic mass is 10.0.